The van der Waals surface area contributed by atoms with Crippen LogP contribution in [0.5, 0.6) is 0 Å². The molecule has 0 spiro atoms. The molecule has 3 heteroatoms. The number of fused-ring (bicyclic) bond motifs is 3. The molecule has 0 atom stereocenters. The van der Waals surface area contributed by atoms with Gasteiger partial charge < -0.3 is 14.8 Å². The van der Waals surface area contributed by atoms with Crippen molar-refractivity contribution in [2.24, 2.45) is 0 Å². The molecule has 0 saturated carbocycles. The second-order valence-corrected chi connectivity index (χ2v) is 12.7. The SMILES string of the molecule is CC(C)(C)c1ccc(Nc2cc3c(cc2C2OC(C)(C)C(C)(C)O2)-c2ccccc2C3(C)C)cc1. The minimum Gasteiger partial charge on any atom is -0.355 e. The van der Waals surface area contributed by atoms with Crippen molar-refractivity contribution in [3.05, 3.63) is 82.9 Å². The molecule has 35 heavy (non-hydrogen) atoms. The highest BCUT2D eigenvalue weighted by molar-refractivity contribution is 5.84. The summed E-state index contributed by atoms with van der Waals surface area (Å²) in [6.45, 7) is 19.8. The minimum absolute atomic E-state index is 0.0765. The third-order valence-corrected chi connectivity index (χ3v) is 8.29. The molecule has 1 heterocycles. The quantitative estimate of drug-likeness (QED) is 0.416. The standard InChI is InChI=1S/C32H39NO2/c1-29(2,3)20-14-16-21(17-15-20)33-27-19-26-23(22-12-10-11-13-25(22)30(26,4)5)18-24(27)28-34-31(6,7)32(8,9)35-28/h10-19,28,33H,1-9H3. The lowest BCUT2D eigenvalue weighted by Crippen LogP contribution is -2.41. The molecule has 0 radical (unpaired) electrons. The zero-order chi connectivity index (χ0) is 25.4. The van der Waals surface area contributed by atoms with Crippen LogP contribution < -0.4 is 5.32 Å². The van der Waals surface area contributed by atoms with Crippen LogP contribution in [0.25, 0.3) is 11.1 Å². The molecule has 184 valence electrons. The van der Waals surface area contributed by atoms with Gasteiger partial charge in [0.2, 0.25) is 0 Å². The molecule has 1 saturated heterocycles. The van der Waals surface area contributed by atoms with Crippen LogP contribution in [0.4, 0.5) is 11.4 Å². The third kappa shape index (κ3) is 3.90. The molecule has 1 fully saturated rings. The molecule has 2 aliphatic rings. The predicted octanol–water partition coefficient (Wildman–Crippen LogP) is 8.64. The van der Waals surface area contributed by atoms with Gasteiger partial charge in [-0.05, 0) is 85.2 Å². The fourth-order valence-electron chi connectivity index (χ4n) is 5.25. The van der Waals surface area contributed by atoms with Crippen LogP contribution in [0.1, 0.15) is 90.9 Å². The van der Waals surface area contributed by atoms with Gasteiger partial charge in [0.05, 0.1) is 11.2 Å². The van der Waals surface area contributed by atoms with Crippen molar-refractivity contribution in [1.82, 2.24) is 0 Å². The topological polar surface area (TPSA) is 30.5 Å². The van der Waals surface area contributed by atoms with Crippen molar-refractivity contribution >= 4 is 11.4 Å². The zero-order valence-corrected chi connectivity index (χ0v) is 22.7. The maximum Gasteiger partial charge on any atom is 0.187 e. The molecular weight excluding hydrogens is 430 g/mol. The number of anilines is 2. The Balaban J connectivity index is 1.63. The van der Waals surface area contributed by atoms with Crippen molar-refractivity contribution in [2.75, 3.05) is 5.32 Å². The van der Waals surface area contributed by atoms with E-state index >= 15 is 0 Å². The smallest absolute Gasteiger partial charge is 0.187 e. The molecule has 5 rings (SSSR count). The first-order valence-corrected chi connectivity index (χ1v) is 12.7. The fourth-order valence-corrected chi connectivity index (χ4v) is 5.25. The van der Waals surface area contributed by atoms with Crippen molar-refractivity contribution in [2.45, 2.75) is 90.6 Å². The van der Waals surface area contributed by atoms with Gasteiger partial charge in [-0.3, -0.25) is 0 Å². The predicted molar refractivity (Wildman–Crippen MR) is 145 cm³/mol. The number of nitrogens with one attached hydrogen (secondary N) is 1. The Morgan fingerprint density at radius 2 is 1.31 bits per heavy atom. The van der Waals surface area contributed by atoms with Crippen LogP contribution in [0, 0.1) is 0 Å². The van der Waals surface area contributed by atoms with E-state index in [4.69, 9.17) is 9.47 Å². The molecule has 3 nitrogen and oxygen atoms in total. The van der Waals surface area contributed by atoms with E-state index in [1.165, 1.54) is 27.8 Å². The maximum atomic E-state index is 6.53. The van der Waals surface area contributed by atoms with Crippen molar-refractivity contribution < 1.29 is 9.47 Å². The molecule has 0 unspecified atom stereocenters. The molecule has 0 aromatic heterocycles. The first-order chi connectivity index (χ1) is 16.2. The molecule has 0 amide bonds. The lowest BCUT2D eigenvalue weighted by Gasteiger charge is -2.30. The Morgan fingerprint density at radius 3 is 1.91 bits per heavy atom. The monoisotopic (exact) mass is 469 g/mol. The Labute approximate surface area is 210 Å². The summed E-state index contributed by atoms with van der Waals surface area (Å²) in [4.78, 5) is 0. The van der Waals surface area contributed by atoms with E-state index in [2.05, 4.69) is 128 Å². The molecule has 3 aromatic rings. The largest absolute Gasteiger partial charge is 0.355 e. The number of benzene rings is 3. The molecule has 1 aliphatic carbocycles. The second-order valence-electron chi connectivity index (χ2n) is 12.7. The van der Waals surface area contributed by atoms with Gasteiger partial charge in [0.15, 0.2) is 6.29 Å². The summed E-state index contributed by atoms with van der Waals surface area (Å²) in [6.07, 6.45) is -0.447. The van der Waals surface area contributed by atoms with E-state index in [-0.39, 0.29) is 10.8 Å². The number of ether oxygens (including phenoxy) is 2. The highest BCUT2D eigenvalue weighted by Gasteiger charge is 2.50. The average Bonchev–Trinajstić information content (AvgIpc) is 3.12. The van der Waals surface area contributed by atoms with Gasteiger partial charge in [-0.2, -0.15) is 0 Å². The Bertz CT molecular complexity index is 1260. The van der Waals surface area contributed by atoms with Crippen LogP contribution >= 0.6 is 0 Å². The highest BCUT2D eigenvalue weighted by atomic mass is 16.7. The van der Waals surface area contributed by atoms with Crippen LogP contribution in [-0.4, -0.2) is 11.2 Å². The number of hydrogen-bond acceptors (Lipinski definition) is 3. The van der Waals surface area contributed by atoms with E-state index in [1.807, 2.05) is 0 Å². The van der Waals surface area contributed by atoms with Crippen LogP contribution in [0.2, 0.25) is 0 Å². The van der Waals surface area contributed by atoms with E-state index in [0.29, 0.717) is 0 Å². The summed E-state index contributed by atoms with van der Waals surface area (Å²) in [5.74, 6) is 0. The lowest BCUT2D eigenvalue weighted by atomic mass is 9.82. The third-order valence-electron chi connectivity index (χ3n) is 8.29. The summed E-state index contributed by atoms with van der Waals surface area (Å²) < 4.78 is 13.1. The van der Waals surface area contributed by atoms with Gasteiger partial charge in [-0.15, -0.1) is 0 Å². The fraction of sp³-hybridized carbons (Fsp3) is 0.438. The highest BCUT2D eigenvalue weighted by Crippen LogP contribution is 2.53. The normalized spacial score (nSPS) is 19.9. The summed E-state index contributed by atoms with van der Waals surface area (Å²) in [5.41, 5.74) is 8.94. The first kappa shape index (κ1) is 24.1. The van der Waals surface area contributed by atoms with E-state index in [9.17, 15) is 0 Å². The molecule has 0 bridgehead atoms. The minimum atomic E-state index is -0.447. The lowest BCUT2D eigenvalue weighted by molar-refractivity contribution is -0.0890. The van der Waals surface area contributed by atoms with Crippen LogP contribution in [0.3, 0.4) is 0 Å². The summed E-state index contributed by atoms with van der Waals surface area (Å²) in [7, 11) is 0. The zero-order valence-electron chi connectivity index (χ0n) is 22.7. The molecule has 1 N–H and O–H groups in total. The number of hydrogen-bond donors (Lipinski definition) is 1. The van der Waals surface area contributed by atoms with Gasteiger partial charge in [0.25, 0.3) is 0 Å². The molecule has 3 aromatic carbocycles. The van der Waals surface area contributed by atoms with Crippen LogP contribution in [-0.2, 0) is 20.3 Å². The van der Waals surface area contributed by atoms with Crippen molar-refractivity contribution in [3.63, 3.8) is 0 Å². The molecular formula is C32H39NO2. The van der Waals surface area contributed by atoms with Gasteiger partial charge in [-0.25, -0.2) is 0 Å². The maximum absolute atomic E-state index is 6.53. The van der Waals surface area contributed by atoms with Gasteiger partial charge in [-0.1, -0.05) is 71.0 Å². The first-order valence-electron chi connectivity index (χ1n) is 12.7. The van der Waals surface area contributed by atoms with E-state index in [0.717, 1.165) is 16.9 Å². The van der Waals surface area contributed by atoms with Gasteiger partial charge >= 0.3 is 0 Å². The Kier molecular flexibility index (Phi) is 5.29. The molecule has 1 aliphatic heterocycles. The van der Waals surface area contributed by atoms with Crippen LogP contribution in [0.15, 0.2) is 60.7 Å². The van der Waals surface area contributed by atoms with E-state index < -0.39 is 17.5 Å². The average molecular weight is 470 g/mol. The summed E-state index contributed by atoms with van der Waals surface area (Å²) in [6, 6.07) is 22.1. The second kappa shape index (κ2) is 7.69. The summed E-state index contributed by atoms with van der Waals surface area (Å²) >= 11 is 0. The Morgan fingerprint density at radius 1 is 0.714 bits per heavy atom. The van der Waals surface area contributed by atoms with Gasteiger partial charge in [0, 0.05) is 22.4 Å². The summed E-state index contributed by atoms with van der Waals surface area (Å²) in [5, 5.41) is 3.72. The van der Waals surface area contributed by atoms with Gasteiger partial charge in [0.1, 0.15) is 0 Å². The van der Waals surface area contributed by atoms with Crippen molar-refractivity contribution in [3.8, 4) is 11.1 Å². The Hall–Kier alpha value is -2.62. The number of rotatable bonds is 3. The van der Waals surface area contributed by atoms with Crippen molar-refractivity contribution in [1.29, 1.82) is 0 Å². The van der Waals surface area contributed by atoms with E-state index in [1.54, 1.807) is 0 Å².